The van der Waals surface area contributed by atoms with Gasteiger partial charge in [-0.2, -0.15) is 0 Å². The lowest BCUT2D eigenvalue weighted by Crippen LogP contribution is -2.38. The van der Waals surface area contributed by atoms with E-state index >= 15 is 0 Å². The molecular formula is C17H31N5S. The minimum atomic E-state index is 0.695. The lowest BCUT2D eigenvalue weighted by Gasteiger charge is -2.12. The first-order valence-electron chi connectivity index (χ1n) is 8.90. The van der Waals surface area contributed by atoms with E-state index in [9.17, 15) is 0 Å². The smallest absolute Gasteiger partial charge is 0.191 e. The Morgan fingerprint density at radius 1 is 1.35 bits per heavy atom. The van der Waals surface area contributed by atoms with Gasteiger partial charge in [-0.15, -0.1) is 11.3 Å². The van der Waals surface area contributed by atoms with Crippen molar-refractivity contribution in [3.63, 3.8) is 0 Å². The average molecular weight is 338 g/mol. The highest BCUT2D eigenvalue weighted by atomic mass is 32.1. The van der Waals surface area contributed by atoms with Crippen molar-refractivity contribution in [1.29, 1.82) is 0 Å². The number of aromatic nitrogens is 1. The maximum atomic E-state index is 4.76. The highest BCUT2D eigenvalue weighted by Crippen LogP contribution is 2.24. The molecule has 0 radical (unpaired) electrons. The predicted molar refractivity (Wildman–Crippen MR) is 101 cm³/mol. The van der Waals surface area contributed by atoms with Gasteiger partial charge in [-0.05, 0) is 32.1 Å². The lowest BCUT2D eigenvalue weighted by molar-refractivity contribution is 0.594. The van der Waals surface area contributed by atoms with Crippen molar-refractivity contribution in [3.8, 4) is 0 Å². The van der Waals surface area contributed by atoms with E-state index in [4.69, 9.17) is 4.98 Å². The summed E-state index contributed by atoms with van der Waals surface area (Å²) in [6, 6.07) is 0. The molecule has 0 aromatic carbocycles. The summed E-state index contributed by atoms with van der Waals surface area (Å²) in [6.07, 6.45) is 4.67. The number of anilines is 1. The van der Waals surface area contributed by atoms with Crippen LogP contribution in [0.15, 0.2) is 10.4 Å². The van der Waals surface area contributed by atoms with Crippen molar-refractivity contribution in [2.45, 2.75) is 46.5 Å². The van der Waals surface area contributed by atoms with Crippen LogP contribution in [0.3, 0.4) is 0 Å². The molecule has 0 bridgehead atoms. The summed E-state index contributed by atoms with van der Waals surface area (Å²) < 4.78 is 0. The fourth-order valence-electron chi connectivity index (χ4n) is 2.55. The molecule has 1 aromatic rings. The van der Waals surface area contributed by atoms with E-state index in [1.54, 1.807) is 11.3 Å². The second-order valence-corrected chi connectivity index (χ2v) is 7.27. The molecule has 1 aliphatic heterocycles. The Hall–Kier alpha value is -1.30. The van der Waals surface area contributed by atoms with E-state index in [2.05, 4.69) is 46.7 Å². The Bertz CT molecular complexity index is 477. The van der Waals surface area contributed by atoms with Crippen molar-refractivity contribution >= 4 is 22.4 Å². The van der Waals surface area contributed by atoms with E-state index in [0.717, 1.165) is 51.5 Å². The quantitative estimate of drug-likeness (QED) is 0.566. The maximum absolute atomic E-state index is 4.76. The van der Waals surface area contributed by atoms with Crippen molar-refractivity contribution in [3.05, 3.63) is 11.1 Å². The molecule has 1 saturated heterocycles. The summed E-state index contributed by atoms with van der Waals surface area (Å²) >= 11 is 1.77. The van der Waals surface area contributed by atoms with Crippen molar-refractivity contribution in [2.75, 3.05) is 37.6 Å². The first kappa shape index (κ1) is 18.0. The van der Waals surface area contributed by atoms with Crippen molar-refractivity contribution in [2.24, 2.45) is 10.9 Å². The molecule has 6 heteroatoms. The Labute approximate surface area is 144 Å². The maximum Gasteiger partial charge on any atom is 0.191 e. The van der Waals surface area contributed by atoms with Crippen LogP contribution >= 0.6 is 11.3 Å². The minimum absolute atomic E-state index is 0.695. The number of nitrogens with zero attached hydrogens (tertiary/aromatic N) is 3. The fraction of sp³-hybridized carbons (Fsp3) is 0.765. The number of nitrogens with one attached hydrogen (secondary N) is 2. The van der Waals surface area contributed by atoms with Crippen molar-refractivity contribution in [1.82, 2.24) is 15.6 Å². The van der Waals surface area contributed by atoms with Crippen LogP contribution in [0.2, 0.25) is 0 Å². The third kappa shape index (κ3) is 6.37. The van der Waals surface area contributed by atoms with Crippen LogP contribution in [0.4, 0.5) is 5.13 Å². The molecule has 2 N–H and O–H groups in total. The van der Waals surface area contributed by atoms with Gasteiger partial charge in [0.15, 0.2) is 11.1 Å². The zero-order chi connectivity index (χ0) is 16.5. The highest BCUT2D eigenvalue weighted by molar-refractivity contribution is 7.13. The van der Waals surface area contributed by atoms with E-state index < -0.39 is 0 Å². The third-order valence-electron chi connectivity index (χ3n) is 3.91. The number of hydrogen-bond acceptors (Lipinski definition) is 4. The Morgan fingerprint density at radius 2 is 2.13 bits per heavy atom. The van der Waals surface area contributed by atoms with Crippen LogP contribution in [0.1, 0.15) is 45.7 Å². The van der Waals surface area contributed by atoms with Crippen LogP contribution in [-0.4, -0.2) is 43.7 Å². The van der Waals surface area contributed by atoms with Gasteiger partial charge in [0.1, 0.15) is 0 Å². The third-order valence-corrected chi connectivity index (χ3v) is 4.86. The molecule has 0 spiro atoms. The molecule has 0 aliphatic carbocycles. The molecule has 0 amide bonds. The average Bonchev–Trinajstić information content (AvgIpc) is 3.18. The second-order valence-electron chi connectivity index (χ2n) is 6.44. The standard InChI is InChI=1S/C17H31N5S/c1-4-18-16(19-9-7-14(2)3)20-10-8-15-13-23-17(21-15)22-11-5-6-12-22/h13-14H,4-12H2,1-3H3,(H2,18,19,20). The van der Waals surface area contributed by atoms with Crippen LogP contribution in [-0.2, 0) is 6.42 Å². The topological polar surface area (TPSA) is 52.6 Å². The number of guanidine groups is 1. The zero-order valence-electron chi connectivity index (χ0n) is 14.8. The van der Waals surface area contributed by atoms with Gasteiger partial charge in [-0.25, -0.2) is 4.98 Å². The monoisotopic (exact) mass is 337 g/mol. The van der Waals surface area contributed by atoms with Gasteiger partial charge < -0.3 is 15.5 Å². The number of hydrogen-bond donors (Lipinski definition) is 2. The molecule has 1 aliphatic rings. The zero-order valence-corrected chi connectivity index (χ0v) is 15.6. The van der Waals surface area contributed by atoms with Crippen LogP contribution in [0.5, 0.6) is 0 Å². The van der Waals surface area contributed by atoms with E-state index in [0.29, 0.717) is 5.92 Å². The molecule has 130 valence electrons. The van der Waals surface area contributed by atoms with Gasteiger partial charge in [0.25, 0.3) is 0 Å². The number of aliphatic imine (C=N–C) groups is 1. The normalized spacial score (nSPS) is 15.5. The molecule has 0 atom stereocenters. The molecule has 2 heterocycles. The highest BCUT2D eigenvalue weighted by Gasteiger charge is 2.15. The summed E-state index contributed by atoms with van der Waals surface area (Å²) in [5.74, 6) is 1.61. The molecule has 1 fully saturated rings. The summed E-state index contributed by atoms with van der Waals surface area (Å²) in [5, 5.41) is 10.1. The first-order chi connectivity index (χ1) is 11.2. The van der Waals surface area contributed by atoms with Gasteiger partial charge >= 0.3 is 0 Å². The van der Waals surface area contributed by atoms with Gasteiger partial charge in [0.05, 0.1) is 5.69 Å². The van der Waals surface area contributed by atoms with E-state index in [1.807, 2.05) is 0 Å². The van der Waals surface area contributed by atoms with Gasteiger partial charge in [0, 0.05) is 44.5 Å². The van der Waals surface area contributed by atoms with Gasteiger partial charge in [0.2, 0.25) is 0 Å². The minimum Gasteiger partial charge on any atom is -0.357 e. The Morgan fingerprint density at radius 3 is 2.83 bits per heavy atom. The lowest BCUT2D eigenvalue weighted by atomic mass is 10.1. The summed E-state index contributed by atoms with van der Waals surface area (Å²) in [7, 11) is 0. The second kappa shape index (κ2) is 9.75. The number of thiazole rings is 1. The number of rotatable bonds is 8. The molecule has 1 aromatic heterocycles. The predicted octanol–water partition coefficient (Wildman–Crippen LogP) is 2.89. The summed E-state index contributed by atoms with van der Waals surface area (Å²) in [4.78, 5) is 11.8. The molecular weight excluding hydrogens is 306 g/mol. The largest absolute Gasteiger partial charge is 0.357 e. The SMILES string of the molecule is CCNC(=NCCC(C)C)NCCc1csc(N2CCCC2)n1. The Balaban J connectivity index is 1.75. The fourth-order valence-corrected chi connectivity index (χ4v) is 3.46. The molecule has 0 saturated carbocycles. The summed E-state index contributed by atoms with van der Waals surface area (Å²) in [6.45, 7) is 11.5. The molecule has 23 heavy (non-hydrogen) atoms. The van der Waals surface area contributed by atoms with E-state index in [1.165, 1.54) is 23.7 Å². The molecule has 0 unspecified atom stereocenters. The van der Waals surface area contributed by atoms with Gasteiger partial charge in [-0.1, -0.05) is 13.8 Å². The Kier molecular flexibility index (Phi) is 7.65. The van der Waals surface area contributed by atoms with Gasteiger partial charge in [-0.3, -0.25) is 4.99 Å². The summed E-state index contributed by atoms with van der Waals surface area (Å²) in [5.41, 5.74) is 1.18. The van der Waals surface area contributed by atoms with Crippen LogP contribution in [0.25, 0.3) is 0 Å². The van der Waals surface area contributed by atoms with Crippen molar-refractivity contribution < 1.29 is 0 Å². The van der Waals surface area contributed by atoms with Crippen LogP contribution in [0, 0.1) is 5.92 Å². The molecule has 2 rings (SSSR count). The first-order valence-corrected chi connectivity index (χ1v) is 9.78. The van der Waals surface area contributed by atoms with E-state index in [-0.39, 0.29) is 0 Å². The molecule has 5 nitrogen and oxygen atoms in total. The van der Waals surface area contributed by atoms with Crippen LogP contribution < -0.4 is 15.5 Å².